The van der Waals surface area contributed by atoms with Crippen LogP contribution in [-0.2, 0) is 4.79 Å². The van der Waals surface area contributed by atoms with E-state index in [9.17, 15) is 4.79 Å². The first-order chi connectivity index (χ1) is 8.56. The second-order valence-corrected chi connectivity index (χ2v) is 4.35. The van der Waals surface area contributed by atoms with Crippen LogP contribution in [0.5, 0.6) is 5.75 Å². The number of fused-ring (bicyclic) bond motifs is 1. The molecule has 0 radical (unpaired) electrons. The summed E-state index contributed by atoms with van der Waals surface area (Å²) in [6, 6.07) is 5.10. The highest BCUT2D eigenvalue weighted by atomic mass is 32.1. The number of para-hydroxylation sites is 1. The van der Waals surface area contributed by atoms with Crippen molar-refractivity contribution in [3.8, 4) is 5.75 Å². The third-order valence-electron chi connectivity index (χ3n) is 2.81. The predicted octanol–water partition coefficient (Wildman–Crippen LogP) is 2.14. The molecular weight excluding hydrogens is 250 g/mol. The molecule has 1 aromatic heterocycles. The fourth-order valence-electron chi connectivity index (χ4n) is 1.91. The van der Waals surface area contributed by atoms with Crippen molar-refractivity contribution in [3.05, 3.63) is 23.0 Å². The van der Waals surface area contributed by atoms with Gasteiger partial charge in [0.05, 0.1) is 12.1 Å². The van der Waals surface area contributed by atoms with E-state index in [2.05, 4.69) is 4.98 Å². The zero-order valence-electron chi connectivity index (χ0n) is 10.3. The number of aromatic nitrogens is 2. The van der Waals surface area contributed by atoms with Crippen LogP contribution in [0.25, 0.3) is 11.0 Å². The molecule has 1 aromatic carbocycles. The number of amides is 1. The molecule has 0 bridgehead atoms. The minimum absolute atomic E-state index is 0.422. The van der Waals surface area contributed by atoms with Crippen LogP contribution >= 0.6 is 12.2 Å². The summed E-state index contributed by atoms with van der Waals surface area (Å²) in [5.41, 5.74) is 6.94. The maximum Gasteiger partial charge on any atom is 0.240 e. The predicted molar refractivity (Wildman–Crippen MR) is 72.2 cm³/mol. The lowest BCUT2D eigenvalue weighted by Gasteiger charge is -2.10. The van der Waals surface area contributed by atoms with Crippen LogP contribution in [0.1, 0.15) is 19.9 Å². The monoisotopic (exact) mass is 265 g/mol. The van der Waals surface area contributed by atoms with Crippen molar-refractivity contribution in [2.24, 2.45) is 5.73 Å². The number of nitrogens with one attached hydrogen (secondary N) is 1. The molecule has 3 N–H and O–H groups in total. The Hall–Kier alpha value is -1.82. The first-order valence-corrected chi connectivity index (χ1v) is 6.12. The molecule has 1 heterocycles. The molecule has 0 fully saturated rings. The zero-order chi connectivity index (χ0) is 13.3. The van der Waals surface area contributed by atoms with Crippen molar-refractivity contribution >= 4 is 29.2 Å². The van der Waals surface area contributed by atoms with Gasteiger partial charge in [-0.25, -0.2) is 0 Å². The first-order valence-electron chi connectivity index (χ1n) is 5.71. The highest BCUT2D eigenvalue weighted by Crippen LogP contribution is 2.27. The van der Waals surface area contributed by atoms with Crippen LogP contribution in [0.2, 0.25) is 0 Å². The number of H-pyrrole nitrogens is 1. The van der Waals surface area contributed by atoms with Gasteiger partial charge >= 0.3 is 0 Å². The molecule has 0 spiro atoms. The fraction of sp³-hybridized carbons (Fsp3) is 0.333. The number of hydrogen-bond donors (Lipinski definition) is 2. The Morgan fingerprint density at radius 1 is 1.61 bits per heavy atom. The van der Waals surface area contributed by atoms with E-state index in [-0.39, 0.29) is 0 Å². The molecule has 1 unspecified atom stereocenters. The zero-order valence-corrected chi connectivity index (χ0v) is 11.1. The van der Waals surface area contributed by atoms with E-state index in [0.717, 1.165) is 16.8 Å². The molecule has 2 aromatic rings. The van der Waals surface area contributed by atoms with Gasteiger partial charge in [0.15, 0.2) is 4.77 Å². The largest absolute Gasteiger partial charge is 0.492 e. The summed E-state index contributed by atoms with van der Waals surface area (Å²) in [6.07, 6.45) is 0. The Morgan fingerprint density at radius 2 is 2.33 bits per heavy atom. The van der Waals surface area contributed by atoms with Gasteiger partial charge < -0.3 is 20.0 Å². The van der Waals surface area contributed by atoms with Crippen LogP contribution < -0.4 is 10.5 Å². The van der Waals surface area contributed by atoms with E-state index >= 15 is 0 Å². The molecule has 18 heavy (non-hydrogen) atoms. The molecule has 0 saturated heterocycles. The number of ether oxygens (including phenoxy) is 1. The van der Waals surface area contributed by atoms with Crippen molar-refractivity contribution < 1.29 is 9.53 Å². The smallest absolute Gasteiger partial charge is 0.240 e. The Bertz CT molecular complexity index is 644. The number of nitrogens with zero attached hydrogens (tertiary/aromatic N) is 1. The molecule has 0 aliphatic rings. The van der Waals surface area contributed by atoms with Crippen LogP contribution in [0.3, 0.4) is 0 Å². The average Bonchev–Trinajstić information content (AvgIpc) is 2.66. The number of hydrogen-bond acceptors (Lipinski definition) is 3. The number of primary amides is 1. The number of nitrogens with two attached hydrogens (primary N) is 1. The van der Waals surface area contributed by atoms with Gasteiger partial charge in [-0.3, -0.25) is 4.79 Å². The summed E-state index contributed by atoms with van der Waals surface area (Å²) in [7, 11) is 0. The SMILES string of the molecule is CCOc1cccc2c1[nH]c(=S)n2C(C)C(N)=O. The maximum atomic E-state index is 11.3. The summed E-state index contributed by atoms with van der Waals surface area (Å²) in [5.74, 6) is 0.297. The Kier molecular flexibility index (Phi) is 3.38. The summed E-state index contributed by atoms with van der Waals surface area (Å²) < 4.78 is 7.69. The minimum atomic E-state index is -0.497. The van der Waals surface area contributed by atoms with Crippen molar-refractivity contribution in [1.82, 2.24) is 9.55 Å². The van der Waals surface area contributed by atoms with Crippen LogP contribution in [0.4, 0.5) is 0 Å². The van der Waals surface area contributed by atoms with E-state index in [1.54, 1.807) is 11.5 Å². The summed E-state index contributed by atoms with van der Waals surface area (Å²) in [6.45, 7) is 4.20. The van der Waals surface area contributed by atoms with Crippen molar-refractivity contribution in [3.63, 3.8) is 0 Å². The van der Waals surface area contributed by atoms with Gasteiger partial charge in [0.25, 0.3) is 0 Å². The molecule has 96 valence electrons. The fourth-order valence-corrected chi connectivity index (χ4v) is 2.27. The van der Waals surface area contributed by atoms with Gasteiger partial charge in [-0.15, -0.1) is 0 Å². The van der Waals surface area contributed by atoms with Crippen LogP contribution in [0, 0.1) is 4.77 Å². The average molecular weight is 265 g/mol. The maximum absolute atomic E-state index is 11.3. The van der Waals surface area contributed by atoms with E-state index in [4.69, 9.17) is 22.7 Å². The van der Waals surface area contributed by atoms with Gasteiger partial charge in [-0.2, -0.15) is 0 Å². The molecule has 2 rings (SSSR count). The lowest BCUT2D eigenvalue weighted by Crippen LogP contribution is -2.23. The summed E-state index contributed by atoms with van der Waals surface area (Å²) in [4.78, 5) is 14.4. The molecule has 6 heteroatoms. The van der Waals surface area contributed by atoms with Gasteiger partial charge in [-0.1, -0.05) is 6.07 Å². The molecule has 0 aliphatic heterocycles. The number of imidazole rings is 1. The van der Waals surface area contributed by atoms with Crippen molar-refractivity contribution in [2.75, 3.05) is 6.61 Å². The second-order valence-electron chi connectivity index (χ2n) is 3.96. The summed E-state index contributed by atoms with van der Waals surface area (Å²) in [5, 5.41) is 0. The van der Waals surface area contributed by atoms with Crippen molar-refractivity contribution in [2.45, 2.75) is 19.9 Å². The number of aromatic amines is 1. The Labute approximate surface area is 110 Å². The quantitative estimate of drug-likeness (QED) is 0.832. The first kappa shape index (κ1) is 12.6. The van der Waals surface area contributed by atoms with Gasteiger partial charge in [0, 0.05) is 0 Å². The molecule has 5 nitrogen and oxygen atoms in total. The third kappa shape index (κ3) is 1.99. The number of benzene rings is 1. The Morgan fingerprint density at radius 3 is 2.94 bits per heavy atom. The second kappa shape index (κ2) is 4.81. The number of carbonyl (C=O) groups is 1. The van der Waals surface area contributed by atoms with E-state index in [1.807, 2.05) is 25.1 Å². The van der Waals surface area contributed by atoms with E-state index in [0.29, 0.717) is 11.4 Å². The normalized spacial score (nSPS) is 12.6. The minimum Gasteiger partial charge on any atom is -0.492 e. The van der Waals surface area contributed by atoms with Crippen molar-refractivity contribution in [1.29, 1.82) is 0 Å². The standard InChI is InChI=1S/C12H15N3O2S/c1-3-17-9-6-4-5-8-10(9)14-12(18)15(8)7(2)11(13)16/h4-7H,3H2,1-2H3,(H2,13,16)(H,14,18). The van der Waals surface area contributed by atoms with Gasteiger partial charge in [0.2, 0.25) is 5.91 Å². The molecule has 0 saturated carbocycles. The molecular formula is C12H15N3O2S. The lowest BCUT2D eigenvalue weighted by atomic mass is 10.2. The highest BCUT2D eigenvalue weighted by molar-refractivity contribution is 7.71. The summed E-state index contributed by atoms with van der Waals surface area (Å²) >= 11 is 5.24. The van der Waals surface area contributed by atoms with Crippen LogP contribution in [-0.4, -0.2) is 22.1 Å². The molecule has 0 aliphatic carbocycles. The third-order valence-corrected chi connectivity index (χ3v) is 3.11. The highest BCUT2D eigenvalue weighted by Gasteiger charge is 2.17. The van der Waals surface area contributed by atoms with Crippen LogP contribution in [0.15, 0.2) is 18.2 Å². The van der Waals surface area contributed by atoms with Gasteiger partial charge in [-0.05, 0) is 38.2 Å². The number of rotatable bonds is 4. The Balaban J connectivity index is 2.69. The molecule has 1 atom stereocenters. The van der Waals surface area contributed by atoms with E-state index < -0.39 is 11.9 Å². The molecule has 1 amide bonds. The number of carbonyl (C=O) groups excluding carboxylic acids is 1. The van der Waals surface area contributed by atoms with E-state index in [1.165, 1.54) is 0 Å². The topological polar surface area (TPSA) is 73.0 Å². The lowest BCUT2D eigenvalue weighted by molar-refractivity contribution is -0.120. The van der Waals surface area contributed by atoms with Gasteiger partial charge in [0.1, 0.15) is 17.3 Å².